The van der Waals surface area contributed by atoms with Gasteiger partial charge in [-0.05, 0) is 48.4 Å². The quantitative estimate of drug-likeness (QED) is 0.471. The Morgan fingerprint density at radius 3 is 2.73 bits per heavy atom. The molecule has 0 spiro atoms. The molecule has 0 aromatic rings. The number of fused-ring (bicyclic) bond motifs is 2. The number of nitrogens with one attached hydrogen (secondary N) is 1. The first-order valence-electron chi connectivity index (χ1n) is 6.15. The van der Waals surface area contributed by atoms with Crippen LogP contribution in [0.2, 0.25) is 0 Å². The van der Waals surface area contributed by atoms with Crippen molar-refractivity contribution in [3.05, 3.63) is 0 Å². The highest BCUT2D eigenvalue weighted by Gasteiger charge is 2.42. The summed E-state index contributed by atoms with van der Waals surface area (Å²) in [4.78, 5) is 11.9. The Morgan fingerprint density at radius 2 is 2.13 bits per heavy atom. The second-order valence-corrected chi connectivity index (χ2v) is 6.05. The second kappa shape index (κ2) is 5.51. The minimum absolute atomic E-state index is 0.343. The van der Waals surface area contributed by atoms with Crippen LogP contribution in [0.3, 0.4) is 0 Å². The highest BCUT2D eigenvalue weighted by molar-refractivity contribution is 14.1. The SMILES string of the molecule is O=C(NCCCCI)C1CC2CCC1C2. The Balaban J connectivity index is 1.68. The molecule has 86 valence electrons. The fourth-order valence-electron chi connectivity index (χ4n) is 3.13. The van der Waals surface area contributed by atoms with Gasteiger partial charge in [-0.2, -0.15) is 0 Å². The van der Waals surface area contributed by atoms with Crippen molar-refractivity contribution in [3.63, 3.8) is 0 Å². The van der Waals surface area contributed by atoms with E-state index in [4.69, 9.17) is 0 Å². The third kappa shape index (κ3) is 2.86. The minimum atomic E-state index is 0.343. The molecule has 0 aliphatic heterocycles. The average Bonchev–Trinajstić information content (AvgIpc) is 2.85. The monoisotopic (exact) mass is 321 g/mol. The predicted molar refractivity (Wildman–Crippen MR) is 70.1 cm³/mol. The Morgan fingerprint density at radius 1 is 1.27 bits per heavy atom. The van der Waals surface area contributed by atoms with Crippen LogP contribution in [0.5, 0.6) is 0 Å². The molecule has 0 aromatic carbocycles. The standard InChI is InChI=1S/C12H20INO/c13-5-1-2-6-14-12(15)11-8-9-3-4-10(11)7-9/h9-11H,1-8H2,(H,14,15). The highest BCUT2D eigenvalue weighted by Crippen LogP contribution is 2.48. The van der Waals surface area contributed by atoms with Gasteiger partial charge in [0.15, 0.2) is 0 Å². The second-order valence-electron chi connectivity index (χ2n) is 4.97. The first-order chi connectivity index (χ1) is 7.31. The molecule has 3 unspecified atom stereocenters. The lowest BCUT2D eigenvalue weighted by atomic mass is 9.88. The van der Waals surface area contributed by atoms with Gasteiger partial charge in [0, 0.05) is 12.5 Å². The summed E-state index contributed by atoms with van der Waals surface area (Å²) in [6, 6.07) is 0. The van der Waals surface area contributed by atoms with Crippen LogP contribution in [0.15, 0.2) is 0 Å². The van der Waals surface area contributed by atoms with Gasteiger partial charge in [-0.25, -0.2) is 0 Å². The van der Waals surface area contributed by atoms with E-state index >= 15 is 0 Å². The molecule has 0 saturated heterocycles. The van der Waals surface area contributed by atoms with Crippen molar-refractivity contribution in [3.8, 4) is 0 Å². The van der Waals surface area contributed by atoms with Gasteiger partial charge in [0.05, 0.1) is 0 Å². The van der Waals surface area contributed by atoms with Crippen LogP contribution in [-0.2, 0) is 4.79 Å². The van der Waals surface area contributed by atoms with Crippen molar-refractivity contribution < 1.29 is 4.79 Å². The summed E-state index contributed by atoms with van der Waals surface area (Å²) in [6.07, 6.45) is 7.53. The number of carbonyl (C=O) groups excluding carboxylic acids is 1. The lowest BCUT2D eigenvalue weighted by Crippen LogP contribution is -2.34. The van der Waals surface area contributed by atoms with Gasteiger partial charge in [0.2, 0.25) is 5.91 Å². The van der Waals surface area contributed by atoms with Gasteiger partial charge in [0.25, 0.3) is 0 Å². The number of amides is 1. The zero-order chi connectivity index (χ0) is 10.7. The van der Waals surface area contributed by atoms with Crippen molar-refractivity contribution in [1.29, 1.82) is 0 Å². The Kier molecular flexibility index (Phi) is 4.29. The number of unbranched alkanes of at least 4 members (excludes halogenated alkanes) is 1. The van der Waals surface area contributed by atoms with Gasteiger partial charge in [-0.3, -0.25) is 4.79 Å². The summed E-state index contributed by atoms with van der Waals surface area (Å²) < 4.78 is 1.20. The zero-order valence-electron chi connectivity index (χ0n) is 9.18. The molecule has 2 aliphatic rings. The van der Waals surface area contributed by atoms with Gasteiger partial charge in [-0.15, -0.1) is 0 Å². The largest absolute Gasteiger partial charge is 0.356 e. The minimum Gasteiger partial charge on any atom is -0.356 e. The molecule has 2 saturated carbocycles. The lowest BCUT2D eigenvalue weighted by Gasteiger charge is -2.20. The number of hydrogen-bond donors (Lipinski definition) is 1. The molecule has 2 aliphatic carbocycles. The normalized spacial score (nSPS) is 33.3. The van der Waals surface area contributed by atoms with E-state index < -0.39 is 0 Å². The zero-order valence-corrected chi connectivity index (χ0v) is 11.3. The molecule has 2 rings (SSSR count). The number of rotatable bonds is 5. The van der Waals surface area contributed by atoms with Crippen molar-refractivity contribution in [2.24, 2.45) is 17.8 Å². The Hall–Kier alpha value is 0.200. The van der Waals surface area contributed by atoms with Gasteiger partial charge < -0.3 is 5.32 Å². The van der Waals surface area contributed by atoms with Crippen LogP contribution < -0.4 is 5.32 Å². The highest BCUT2D eigenvalue weighted by atomic mass is 127. The van der Waals surface area contributed by atoms with E-state index in [1.807, 2.05) is 0 Å². The molecule has 1 N–H and O–H groups in total. The molecule has 1 amide bonds. The number of hydrogen-bond acceptors (Lipinski definition) is 1. The van der Waals surface area contributed by atoms with Crippen molar-refractivity contribution in [1.82, 2.24) is 5.32 Å². The van der Waals surface area contributed by atoms with Crippen molar-refractivity contribution in [2.45, 2.75) is 38.5 Å². The third-order valence-electron chi connectivity index (χ3n) is 3.93. The molecular weight excluding hydrogens is 301 g/mol. The van der Waals surface area contributed by atoms with E-state index in [2.05, 4.69) is 27.9 Å². The van der Waals surface area contributed by atoms with Crippen LogP contribution in [0.4, 0.5) is 0 Å². The fraction of sp³-hybridized carbons (Fsp3) is 0.917. The Bertz CT molecular complexity index is 232. The molecule has 0 heterocycles. The first kappa shape index (κ1) is 11.7. The maximum Gasteiger partial charge on any atom is 0.223 e. The smallest absolute Gasteiger partial charge is 0.223 e. The molecule has 2 fully saturated rings. The topological polar surface area (TPSA) is 29.1 Å². The number of carbonyl (C=O) groups is 1. The van der Waals surface area contributed by atoms with Gasteiger partial charge in [-0.1, -0.05) is 29.0 Å². The number of halogens is 1. The summed E-state index contributed by atoms with van der Waals surface area (Å²) >= 11 is 2.38. The average molecular weight is 321 g/mol. The Labute approximate surface area is 106 Å². The third-order valence-corrected chi connectivity index (χ3v) is 4.70. The van der Waals surface area contributed by atoms with Crippen molar-refractivity contribution in [2.75, 3.05) is 11.0 Å². The van der Waals surface area contributed by atoms with Crippen LogP contribution in [-0.4, -0.2) is 16.9 Å². The molecule has 0 radical (unpaired) electrons. The van der Waals surface area contributed by atoms with Crippen LogP contribution in [0, 0.1) is 17.8 Å². The predicted octanol–water partition coefficient (Wildman–Crippen LogP) is 2.75. The van der Waals surface area contributed by atoms with E-state index in [0.29, 0.717) is 11.8 Å². The molecule has 3 heteroatoms. The van der Waals surface area contributed by atoms with E-state index in [1.54, 1.807) is 0 Å². The van der Waals surface area contributed by atoms with E-state index in [0.717, 1.165) is 24.8 Å². The summed E-state index contributed by atoms with van der Waals surface area (Å²) in [5, 5.41) is 3.10. The summed E-state index contributed by atoms with van der Waals surface area (Å²) in [7, 11) is 0. The van der Waals surface area contributed by atoms with E-state index in [9.17, 15) is 4.79 Å². The molecule has 2 nitrogen and oxygen atoms in total. The molecular formula is C12H20INO. The summed E-state index contributed by atoms with van der Waals surface area (Å²) in [5.41, 5.74) is 0. The van der Waals surface area contributed by atoms with Crippen LogP contribution in [0.25, 0.3) is 0 Å². The maximum atomic E-state index is 11.9. The molecule has 3 atom stereocenters. The first-order valence-corrected chi connectivity index (χ1v) is 7.67. The fourth-order valence-corrected chi connectivity index (χ4v) is 3.67. The van der Waals surface area contributed by atoms with Gasteiger partial charge >= 0.3 is 0 Å². The van der Waals surface area contributed by atoms with E-state index in [-0.39, 0.29) is 0 Å². The molecule has 15 heavy (non-hydrogen) atoms. The van der Waals surface area contributed by atoms with Crippen molar-refractivity contribution >= 4 is 28.5 Å². The summed E-state index contributed by atoms with van der Waals surface area (Å²) in [6.45, 7) is 0.885. The molecule has 0 aromatic heterocycles. The maximum absolute atomic E-state index is 11.9. The lowest BCUT2D eigenvalue weighted by molar-refractivity contribution is -0.126. The summed E-state index contributed by atoms with van der Waals surface area (Å²) in [5.74, 6) is 2.30. The molecule has 2 bridgehead atoms. The van der Waals surface area contributed by atoms with Crippen LogP contribution in [0.1, 0.15) is 38.5 Å². The van der Waals surface area contributed by atoms with Gasteiger partial charge in [0.1, 0.15) is 0 Å². The number of alkyl halides is 1. The van der Waals surface area contributed by atoms with E-state index in [1.165, 1.54) is 36.5 Å². The van der Waals surface area contributed by atoms with Crippen LogP contribution >= 0.6 is 22.6 Å².